The van der Waals surface area contributed by atoms with E-state index in [1.807, 2.05) is 38.1 Å². The van der Waals surface area contributed by atoms with Gasteiger partial charge in [-0.15, -0.1) is 0 Å². The molecular formula is C19H22ClN3O2. The molecule has 0 radical (unpaired) electrons. The number of hydrogen-bond acceptors (Lipinski definition) is 3. The quantitative estimate of drug-likeness (QED) is 0.859. The van der Waals surface area contributed by atoms with Gasteiger partial charge in [-0.25, -0.2) is 0 Å². The molecule has 0 fully saturated rings. The molecule has 2 aromatic rings. The first-order valence-corrected chi connectivity index (χ1v) is 8.46. The highest BCUT2D eigenvalue weighted by Gasteiger charge is 2.18. The largest absolute Gasteiger partial charge is 0.352 e. The first-order valence-electron chi connectivity index (χ1n) is 8.09. The minimum absolute atomic E-state index is 0.129. The molecule has 0 spiro atoms. The summed E-state index contributed by atoms with van der Waals surface area (Å²) in [4.78, 5) is 29.7. The highest BCUT2D eigenvalue weighted by molar-refractivity contribution is 6.34. The van der Waals surface area contributed by atoms with Gasteiger partial charge >= 0.3 is 0 Å². The Balaban J connectivity index is 2.01. The zero-order valence-electron chi connectivity index (χ0n) is 14.7. The van der Waals surface area contributed by atoms with Gasteiger partial charge in [-0.05, 0) is 42.7 Å². The Hall–Kier alpha value is -2.40. The highest BCUT2D eigenvalue weighted by atomic mass is 35.5. The maximum absolute atomic E-state index is 12.1. The van der Waals surface area contributed by atoms with Crippen LogP contribution in [-0.2, 0) is 16.1 Å². The van der Waals surface area contributed by atoms with Crippen LogP contribution in [0.25, 0.3) is 0 Å². The van der Waals surface area contributed by atoms with Crippen LogP contribution >= 0.6 is 11.6 Å². The molecular weight excluding hydrogens is 338 g/mol. The van der Waals surface area contributed by atoms with Crippen LogP contribution in [0.1, 0.15) is 30.0 Å². The second kappa shape index (κ2) is 8.62. The van der Waals surface area contributed by atoms with Gasteiger partial charge < -0.3 is 10.2 Å². The maximum atomic E-state index is 12.1. The van der Waals surface area contributed by atoms with Crippen molar-refractivity contribution in [2.45, 2.75) is 33.7 Å². The highest BCUT2D eigenvalue weighted by Crippen LogP contribution is 2.31. The van der Waals surface area contributed by atoms with E-state index in [-0.39, 0.29) is 24.8 Å². The van der Waals surface area contributed by atoms with Gasteiger partial charge in [0, 0.05) is 38.8 Å². The molecule has 0 aliphatic carbocycles. The van der Waals surface area contributed by atoms with E-state index < -0.39 is 0 Å². The van der Waals surface area contributed by atoms with Gasteiger partial charge in [0.15, 0.2) is 0 Å². The zero-order chi connectivity index (χ0) is 18.4. The van der Waals surface area contributed by atoms with Crippen molar-refractivity contribution in [1.82, 2.24) is 10.3 Å². The van der Waals surface area contributed by atoms with E-state index in [0.717, 1.165) is 16.7 Å². The summed E-state index contributed by atoms with van der Waals surface area (Å²) in [6.07, 6.45) is 3.59. The fraction of sp³-hybridized carbons (Fsp3) is 0.316. The summed E-state index contributed by atoms with van der Waals surface area (Å²) >= 11 is 6.33. The Bertz CT molecular complexity index is 740. The Morgan fingerprint density at radius 2 is 2.04 bits per heavy atom. The molecule has 0 atom stereocenters. The number of nitrogens with zero attached hydrogens (tertiary/aromatic N) is 2. The Labute approximate surface area is 153 Å². The Kier molecular flexibility index (Phi) is 6.53. The van der Waals surface area contributed by atoms with Crippen LogP contribution < -0.4 is 10.2 Å². The topological polar surface area (TPSA) is 62.3 Å². The number of anilines is 1. The summed E-state index contributed by atoms with van der Waals surface area (Å²) < 4.78 is 0. The minimum atomic E-state index is -0.145. The molecule has 1 N–H and O–H groups in total. The number of aromatic nitrogens is 1. The number of amides is 2. The van der Waals surface area contributed by atoms with Gasteiger partial charge in [0.2, 0.25) is 11.8 Å². The van der Waals surface area contributed by atoms with E-state index in [2.05, 4.69) is 10.3 Å². The molecule has 0 aliphatic heterocycles. The van der Waals surface area contributed by atoms with Crippen LogP contribution in [0.5, 0.6) is 0 Å². The normalized spacial score (nSPS) is 10.4. The predicted octanol–water partition coefficient (Wildman–Crippen LogP) is 3.41. The van der Waals surface area contributed by atoms with Gasteiger partial charge in [0.05, 0.1) is 10.7 Å². The number of rotatable bonds is 6. The molecule has 0 aliphatic rings. The van der Waals surface area contributed by atoms with Gasteiger partial charge in [-0.2, -0.15) is 0 Å². The first-order chi connectivity index (χ1) is 11.9. The van der Waals surface area contributed by atoms with Crippen molar-refractivity contribution in [3.05, 3.63) is 58.4 Å². The molecule has 2 rings (SSSR count). The van der Waals surface area contributed by atoms with Crippen molar-refractivity contribution in [3.8, 4) is 0 Å². The molecule has 0 saturated heterocycles. The van der Waals surface area contributed by atoms with Crippen LogP contribution in [0.3, 0.4) is 0 Å². The molecule has 0 bridgehead atoms. The monoisotopic (exact) mass is 359 g/mol. The molecule has 1 aromatic carbocycles. The summed E-state index contributed by atoms with van der Waals surface area (Å²) in [5.74, 6) is -0.273. The third-order valence-electron chi connectivity index (χ3n) is 3.82. The summed E-state index contributed by atoms with van der Waals surface area (Å²) in [5, 5.41) is 3.35. The van der Waals surface area contributed by atoms with E-state index in [9.17, 15) is 9.59 Å². The third kappa shape index (κ3) is 5.29. The van der Waals surface area contributed by atoms with Crippen molar-refractivity contribution in [3.63, 3.8) is 0 Å². The van der Waals surface area contributed by atoms with Crippen molar-refractivity contribution in [2.75, 3.05) is 11.4 Å². The lowest BCUT2D eigenvalue weighted by Crippen LogP contribution is -2.34. The van der Waals surface area contributed by atoms with E-state index >= 15 is 0 Å². The first kappa shape index (κ1) is 18.9. The minimum Gasteiger partial charge on any atom is -0.352 e. The Morgan fingerprint density at radius 3 is 2.64 bits per heavy atom. The van der Waals surface area contributed by atoms with E-state index in [1.54, 1.807) is 17.3 Å². The third-order valence-corrected chi connectivity index (χ3v) is 4.11. The van der Waals surface area contributed by atoms with Crippen LogP contribution in [0, 0.1) is 13.8 Å². The lowest BCUT2D eigenvalue weighted by atomic mass is 10.1. The lowest BCUT2D eigenvalue weighted by molar-refractivity contribution is -0.121. The zero-order valence-corrected chi connectivity index (χ0v) is 15.4. The Morgan fingerprint density at radius 1 is 1.28 bits per heavy atom. The van der Waals surface area contributed by atoms with Gasteiger partial charge in [0.25, 0.3) is 0 Å². The molecule has 25 heavy (non-hydrogen) atoms. The number of carbonyl (C=O) groups is 2. The molecule has 1 aromatic heterocycles. The van der Waals surface area contributed by atoms with Crippen molar-refractivity contribution >= 4 is 29.1 Å². The van der Waals surface area contributed by atoms with Crippen molar-refractivity contribution in [1.29, 1.82) is 0 Å². The summed E-state index contributed by atoms with van der Waals surface area (Å²) in [5.41, 5.74) is 3.54. The SMILES string of the molecule is CC(=O)N(CCC(=O)NCc1cccnc1)c1c(C)cc(C)cc1Cl. The number of aryl methyl sites for hydroxylation is 2. The van der Waals surface area contributed by atoms with Gasteiger partial charge in [-0.3, -0.25) is 14.6 Å². The second-order valence-electron chi connectivity index (χ2n) is 5.97. The average molecular weight is 360 g/mol. The second-order valence-corrected chi connectivity index (χ2v) is 6.38. The van der Waals surface area contributed by atoms with Crippen LogP contribution in [0.15, 0.2) is 36.7 Å². The summed E-state index contributed by atoms with van der Waals surface area (Å²) in [6, 6.07) is 7.51. The molecule has 6 heteroatoms. The standard InChI is InChI=1S/C19H22ClN3O2/c1-13-9-14(2)19(17(20)10-13)23(15(3)24)8-6-18(25)22-12-16-5-4-7-21-11-16/h4-5,7,9-11H,6,8,12H2,1-3H3,(H,22,25). The number of hydrogen-bond donors (Lipinski definition) is 1. The smallest absolute Gasteiger partial charge is 0.223 e. The maximum Gasteiger partial charge on any atom is 0.223 e. The molecule has 0 unspecified atom stereocenters. The summed E-state index contributed by atoms with van der Waals surface area (Å²) in [7, 11) is 0. The van der Waals surface area contributed by atoms with E-state index in [4.69, 9.17) is 11.6 Å². The van der Waals surface area contributed by atoms with E-state index in [1.165, 1.54) is 6.92 Å². The van der Waals surface area contributed by atoms with Crippen molar-refractivity contribution in [2.24, 2.45) is 0 Å². The van der Waals surface area contributed by atoms with Gasteiger partial charge in [0.1, 0.15) is 0 Å². The molecule has 132 valence electrons. The van der Waals surface area contributed by atoms with Crippen molar-refractivity contribution < 1.29 is 9.59 Å². The number of halogens is 1. The van der Waals surface area contributed by atoms with E-state index in [0.29, 0.717) is 17.3 Å². The predicted molar refractivity (Wildman–Crippen MR) is 99.7 cm³/mol. The lowest BCUT2D eigenvalue weighted by Gasteiger charge is -2.24. The summed E-state index contributed by atoms with van der Waals surface area (Å²) in [6.45, 7) is 6.03. The molecule has 0 saturated carbocycles. The van der Waals surface area contributed by atoms with Crippen LogP contribution in [0.4, 0.5) is 5.69 Å². The fourth-order valence-electron chi connectivity index (χ4n) is 2.68. The average Bonchev–Trinajstić information content (AvgIpc) is 2.55. The van der Waals surface area contributed by atoms with Crippen LogP contribution in [0.2, 0.25) is 5.02 Å². The molecule has 2 amide bonds. The number of benzene rings is 1. The van der Waals surface area contributed by atoms with Gasteiger partial charge in [-0.1, -0.05) is 23.7 Å². The number of carbonyl (C=O) groups excluding carboxylic acids is 2. The fourth-order valence-corrected chi connectivity index (χ4v) is 3.10. The number of pyridine rings is 1. The molecule has 5 nitrogen and oxygen atoms in total. The number of nitrogens with one attached hydrogen (secondary N) is 1. The molecule has 1 heterocycles. The van der Waals surface area contributed by atoms with Crippen LogP contribution in [-0.4, -0.2) is 23.3 Å².